The van der Waals surface area contributed by atoms with Crippen molar-refractivity contribution in [2.75, 3.05) is 19.6 Å². The molecular formula is C19H28N4O2. The molecule has 3 fully saturated rings. The molecule has 2 amide bonds. The summed E-state index contributed by atoms with van der Waals surface area (Å²) in [6.45, 7) is 4.28. The first-order valence-corrected chi connectivity index (χ1v) is 9.67. The zero-order valence-corrected chi connectivity index (χ0v) is 15.1. The molecular weight excluding hydrogens is 316 g/mol. The second kappa shape index (κ2) is 6.46. The fraction of sp³-hybridized carbons (Fsp3) is 0.737. The Morgan fingerprint density at radius 2 is 2.04 bits per heavy atom. The van der Waals surface area contributed by atoms with Crippen molar-refractivity contribution in [1.82, 2.24) is 19.8 Å². The fourth-order valence-electron chi connectivity index (χ4n) is 5.03. The maximum atomic E-state index is 12.9. The van der Waals surface area contributed by atoms with Crippen molar-refractivity contribution in [3.05, 3.63) is 17.7 Å². The Bertz CT molecular complexity index is 664. The smallest absolute Gasteiger partial charge is 0.274 e. The van der Waals surface area contributed by atoms with Crippen LogP contribution in [-0.4, -0.2) is 57.3 Å². The van der Waals surface area contributed by atoms with E-state index < -0.39 is 0 Å². The Hall–Kier alpha value is -1.85. The highest BCUT2D eigenvalue weighted by atomic mass is 16.2. The van der Waals surface area contributed by atoms with Gasteiger partial charge in [0.05, 0.1) is 6.33 Å². The van der Waals surface area contributed by atoms with Crippen LogP contribution in [0.4, 0.5) is 0 Å². The molecule has 6 heteroatoms. The molecule has 1 aromatic rings. The number of aryl methyl sites for hydroxylation is 1. The summed E-state index contributed by atoms with van der Waals surface area (Å²) < 4.78 is 0. The second-order valence-corrected chi connectivity index (χ2v) is 8.17. The summed E-state index contributed by atoms with van der Waals surface area (Å²) in [5, 5.41) is 0. The van der Waals surface area contributed by atoms with E-state index in [4.69, 9.17) is 0 Å². The van der Waals surface area contributed by atoms with Gasteiger partial charge >= 0.3 is 0 Å². The molecule has 1 spiro atoms. The van der Waals surface area contributed by atoms with E-state index >= 15 is 0 Å². The fourth-order valence-corrected chi connectivity index (χ4v) is 5.03. The van der Waals surface area contributed by atoms with E-state index in [0.29, 0.717) is 24.1 Å². The molecule has 1 unspecified atom stereocenters. The van der Waals surface area contributed by atoms with Crippen LogP contribution >= 0.6 is 0 Å². The van der Waals surface area contributed by atoms with Crippen LogP contribution in [0.2, 0.25) is 0 Å². The quantitative estimate of drug-likeness (QED) is 0.896. The van der Waals surface area contributed by atoms with Crippen LogP contribution in [0.5, 0.6) is 0 Å². The van der Waals surface area contributed by atoms with Crippen LogP contribution in [0.15, 0.2) is 6.33 Å². The SMILES string of the molecule is Cc1[nH]cnc1C(=O)N1CCCC2(CCC(=O)N(C3CCCC3)C2)C1. The van der Waals surface area contributed by atoms with Crippen LogP contribution < -0.4 is 0 Å². The number of aromatic nitrogens is 2. The third-order valence-electron chi connectivity index (χ3n) is 6.44. The highest BCUT2D eigenvalue weighted by Crippen LogP contribution is 2.41. The number of imidazole rings is 1. The van der Waals surface area contributed by atoms with E-state index in [1.807, 2.05) is 11.8 Å². The molecule has 2 saturated heterocycles. The van der Waals surface area contributed by atoms with E-state index in [9.17, 15) is 9.59 Å². The molecule has 0 radical (unpaired) electrons. The lowest BCUT2D eigenvalue weighted by atomic mass is 9.73. The van der Waals surface area contributed by atoms with Gasteiger partial charge in [-0.3, -0.25) is 9.59 Å². The summed E-state index contributed by atoms with van der Waals surface area (Å²) in [6, 6.07) is 0.435. The molecule has 0 aromatic carbocycles. The number of H-pyrrole nitrogens is 1. The van der Waals surface area contributed by atoms with Gasteiger partial charge in [-0.1, -0.05) is 12.8 Å². The Balaban J connectivity index is 1.50. The number of piperidine rings is 2. The average molecular weight is 344 g/mol. The number of carbonyl (C=O) groups excluding carboxylic acids is 2. The summed E-state index contributed by atoms with van der Waals surface area (Å²) in [7, 11) is 0. The van der Waals surface area contributed by atoms with E-state index in [0.717, 1.165) is 57.4 Å². The summed E-state index contributed by atoms with van der Waals surface area (Å²) in [5.41, 5.74) is 1.45. The molecule has 1 aliphatic carbocycles. The second-order valence-electron chi connectivity index (χ2n) is 8.17. The number of aromatic amines is 1. The van der Waals surface area contributed by atoms with Gasteiger partial charge in [-0.05, 0) is 39.0 Å². The Morgan fingerprint density at radius 1 is 1.24 bits per heavy atom. The number of hydrogen-bond acceptors (Lipinski definition) is 3. The standard InChI is InChI=1S/C19H28N4O2/c1-14-17(21-13-20-14)18(25)22-10-4-8-19(11-22)9-7-16(24)23(12-19)15-5-2-3-6-15/h13,15H,2-12H2,1H3,(H,20,21). The summed E-state index contributed by atoms with van der Waals surface area (Å²) >= 11 is 0. The topological polar surface area (TPSA) is 69.3 Å². The van der Waals surface area contributed by atoms with E-state index in [-0.39, 0.29) is 11.3 Å². The van der Waals surface area contributed by atoms with Crippen molar-refractivity contribution >= 4 is 11.8 Å². The van der Waals surface area contributed by atoms with Crippen LogP contribution in [-0.2, 0) is 4.79 Å². The Kier molecular flexibility index (Phi) is 4.29. The summed E-state index contributed by atoms with van der Waals surface area (Å²) in [5.74, 6) is 0.353. The zero-order valence-electron chi connectivity index (χ0n) is 15.1. The van der Waals surface area contributed by atoms with E-state index in [1.54, 1.807) is 6.33 Å². The normalized spacial score (nSPS) is 28.1. The van der Waals surface area contributed by atoms with Crippen molar-refractivity contribution in [2.45, 2.75) is 64.3 Å². The first kappa shape index (κ1) is 16.6. The summed E-state index contributed by atoms with van der Waals surface area (Å²) in [6.07, 6.45) is 10.1. The van der Waals surface area contributed by atoms with Crippen molar-refractivity contribution in [1.29, 1.82) is 0 Å². The third-order valence-corrected chi connectivity index (χ3v) is 6.44. The molecule has 25 heavy (non-hydrogen) atoms. The summed E-state index contributed by atoms with van der Waals surface area (Å²) in [4.78, 5) is 36.7. The first-order valence-electron chi connectivity index (χ1n) is 9.67. The lowest BCUT2D eigenvalue weighted by Gasteiger charge is -2.49. The zero-order chi connectivity index (χ0) is 17.4. The minimum absolute atomic E-state index is 0.0298. The minimum Gasteiger partial charge on any atom is -0.348 e. The highest BCUT2D eigenvalue weighted by Gasteiger charge is 2.45. The maximum absolute atomic E-state index is 12.9. The van der Waals surface area contributed by atoms with Crippen LogP contribution in [0, 0.1) is 12.3 Å². The number of amides is 2. The van der Waals surface area contributed by atoms with Gasteiger partial charge in [0.2, 0.25) is 5.91 Å². The predicted octanol–water partition coefficient (Wildman–Crippen LogP) is 2.51. The van der Waals surface area contributed by atoms with Gasteiger partial charge in [-0.2, -0.15) is 0 Å². The molecule has 2 aliphatic heterocycles. The first-order chi connectivity index (χ1) is 12.1. The Morgan fingerprint density at radius 3 is 2.76 bits per heavy atom. The highest BCUT2D eigenvalue weighted by molar-refractivity contribution is 5.93. The van der Waals surface area contributed by atoms with Gasteiger partial charge in [0.1, 0.15) is 5.69 Å². The van der Waals surface area contributed by atoms with Crippen molar-refractivity contribution in [3.63, 3.8) is 0 Å². The van der Waals surface area contributed by atoms with Gasteiger partial charge in [-0.25, -0.2) is 4.98 Å². The molecule has 4 rings (SSSR count). The molecule has 6 nitrogen and oxygen atoms in total. The van der Waals surface area contributed by atoms with E-state index in [1.165, 1.54) is 12.8 Å². The van der Waals surface area contributed by atoms with Gasteiger partial charge in [0.15, 0.2) is 0 Å². The monoisotopic (exact) mass is 344 g/mol. The molecule has 1 aromatic heterocycles. The lowest BCUT2D eigenvalue weighted by Crippen LogP contribution is -2.57. The van der Waals surface area contributed by atoms with Crippen molar-refractivity contribution in [3.8, 4) is 0 Å². The van der Waals surface area contributed by atoms with Crippen LogP contribution in [0.3, 0.4) is 0 Å². The molecule has 1 N–H and O–H groups in total. The number of likely N-dealkylation sites (tertiary alicyclic amines) is 2. The minimum atomic E-state index is 0.0298. The van der Waals surface area contributed by atoms with Gasteiger partial charge in [0.25, 0.3) is 5.91 Å². The predicted molar refractivity (Wildman–Crippen MR) is 94.1 cm³/mol. The molecule has 3 heterocycles. The molecule has 1 atom stereocenters. The lowest BCUT2D eigenvalue weighted by molar-refractivity contribution is -0.142. The van der Waals surface area contributed by atoms with Crippen molar-refractivity contribution < 1.29 is 9.59 Å². The number of rotatable bonds is 2. The molecule has 0 bridgehead atoms. The maximum Gasteiger partial charge on any atom is 0.274 e. The van der Waals surface area contributed by atoms with E-state index in [2.05, 4.69) is 14.9 Å². The number of nitrogens with one attached hydrogen (secondary N) is 1. The van der Waals surface area contributed by atoms with Gasteiger partial charge in [-0.15, -0.1) is 0 Å². The number of nitrogens with zero attached hydrogens (tertiary/aromatic N) is 3. The number of hydrogen-bond donors (Lipinski definition) is 1. The average Bonchev–Trinajstić information content (AvgIpc) is 3.28. The molecule has 3 aliphatic rings. The van der Waals surface area contributed by atoms with Crippen LogP contribution in [0.1, 0.15) is 67.5 Å². The third kappa shape index (κ3) is 3.07. The molecule has 1 saturated carbocycles. The van der Waals surface area contributed by atoms with Crippen LogP contribution in [0.25, 0.3) is 0 Å². The molecule has 136 valence electrons. The van der Waals surface area contributed by atoms with Gasteiger partial charge in [0, 0.05) is 43.2 Å². The van der Waals surface area contributed by atoms with Gasteiger partial charge < -0.3 is 14.8 Å². The number of carbonyl (C=O) groups is 2. The van der Waals surface area contributed by atoms with Crippen molar-refractivity contribution in [2.24, 2.45) is 5.41 Å². The Labute approximate surface area is 149 Å². The largest absolute Gasteiger partial charge is 0.348 e.